The first-order valence-corrected chi connectivity index (χ1v) is 5.72. The van der Waals surface area contributed by atoms with Gasteiger partial charge in [0, 0.05) is 0 Å². The normalized spacial score (nSPS) is 17.7. The number of aliphatic hydroxyl groups is 1. The standard InChI is InChI=1S/C13H19NO/c14-10-6-12-3-1-11(2-4-12)5-7-13(15)8-9-13/h1-4,15H,5-10,14H2. The van der Waals surface area contributed by atoms with Gasteiger partial charge in [0.2, 0.25) is 0 Å². The van der Waals surface area contributed by atoms with Crippen LogP contribution in [0.2, 0.25) is 0 Å². The summed E-state index contributed by atoms with van der Waals surface area (Å²) >= 11 is 0. The Morgan fingerprint density at radius 3 is 2.07 bits per heavy atom. The average molecular weight is 205 g/mol. The molecule has 0 spiro atoms. The summed E-state index contributed by atoms with van der Waals surface area (Å²) in [5.41, 5.74) is 7.78. The zero-order chi connectivity index (χ0) is 10.7. The van der Waals surface area contributed by atoms with E-state index in [9.17, 15) is 5.11 Å². The SMILES string of the molecule is NCCc1ccc(CCC2(O)CC2)cc1. The fraction of sp³-hybridized carbons (Fsp3) is 0.538. The summed E-state index contributed by atoms with van der Waals surface area (Å²) in [5.74, 6) is 0. The molecule has 0 aromatic heterocycles. The molecule has 1 aromatic carbocycles. The maximum Gasteiger partial charge on any atom is 0.0653 e. The van der Waals surface area contributed by atoms with Crippen LogP contribution in [0.4, 0.5) is 0 Å². The van der Waals surface area contributed by atoms with Crippen LogP contribution in [0.3, 0.4) is 0 Å². The molecule has 0 atom stereocenters. The molecule has 82 valence electrons. The van der Waals surface area contributed by atoms with Crippen molar-refractivity contribution < 1.29 is 5.11 Å². The van der Waals surface area contributed by atoms with Crippen LogP contribution >= 0.6 is 0 Å². The number of nitrogens with two attached hydrogens (primary N) is 1. The molecule has 1 fully saturated rings. The Hall–Kier alpha value is -0.860. The second kappa shape index (κ2) is 4.33. The van der Waals surface area contributed by atoms with E-state index >= 15 is 0 Å². The third-order valence-electron chi connectivity index (χ3n) is 3.16. The Labute approximate surface area is 91.1 Å². The van der Waals surface area contributed by atoms with Crippen molar-refractivity contribution in [1.29, 1.82) is 0 Å². The Kier molecular flexibility index (Phi) is 3.08. The monoisotopic (exact) mass is 205 g/mol. The highest BCUT2D eigenvalue weighted by Crippen LogP contribution is 2.39. The molecule has 1 aromatic rings. The van der Waals surface area contributed by atoms with Crippen LogP contribution in [-0.4, -0.2) is 17.3 Å². The van der Waals surface area contributed by atoms with E-state index in [-0.39, 0.29) is 5.60 Å². The zero-order valence-electron chi connectivity index (χ0n) is 9.08. The van der Waals surface area contributed by atoms with Crippen LogP contribution in [0.25, 0.3) is 0 Å². The van der Waals surface area contributed by atoms with Crippen molar-refractivity contribution in [3.63, 3.8) is 0 Å². The lowest BCUT2D eigenvalue weighted by atomic mass is 10.0. The van der Waals surface area contributed by atoms with E-state index < -0.39 is 0 Å². The molecule has 0 radical (unpaired) electrons. The van der Waals surface area contributed by atoms with Gasteiger partial charge in [0.15, 0.2) is 0 Å². The van der Waals surface area contributed by atoms with Crippen LogP contribution < -0.4 is 5.73 Å². The summed E-state index contributed by atoms with van der Waals surface area (Å²) in [6.07, 6.45) is 4.81. The van der Waals surface area contributed by atoms with E-state index in [2.05, 4.69) is 24.3 Å². The third-order valence-corrected chi connectivity index (χ3v) is 3.16. The molecular weight excluding hydrogens is 186 g/mol. The molecule has 0 aliphatic heterocycles. The largest absolute Gasteiger partial charge is 0.390 e. The van der Waals surface area contributed by atoms with Gasteiger partial charge in [-0.25, -0.2) is 0 Å². The average Bonchev–Trinajstić information content (AvgIpc) is 2.97. The minimum atomic E-state index is -0.323. The second-order valence-electron chi connectivity index (χ2n) is 4.58. The highest BCUT2D eigenvalue weighted by Gasteiger charge is 2.39. The van der Waals surface area contributed by atoms with E-state index in [4.69, 9.17) is 5.73 Å². The molecule has 2 nitrogen and oxygen atoms in total. The van der Waals surface area contributed by atoms with E-state index in [0.29, 0.717) is 6.54 Å². The van der Waals surface area contributed by atoms with Crippen LogP contribution in [0, 0.1) is 0 Å². The minimum absolute atomic E-state index is 0.323. The Morgan fingerprint density at radius 1 is 1.07 bits per heavy atom. The highest BCUT2D eigenvalue weighted by molar-refractivity contribution is 5.23. The molecule has 1 aliphatic carbocycles. The van der Waals surface area contributed by atoms with Crippen molar-refractivity contribution in [3.8, 4) is 0 Å². The van der Waals surface area contributed by atoms with Crippen LogP contribution in [0.1, 0.15) is 30.4 Å². The van der Waals surface area contributed by atoms with Crippen molar-refractivity contribution in [3.05, 3.63) is 35.4 Å². The van der Waals surface area contributed by atoms with Gasteiger partial charge in [0.1, 0.15) is 0 Å². The molecule has 0 unspecified atom stereocenters. The molecule has 0 saturated heterocycles. The van der Waals surface area contributed by atoms with Crippen molar-refractivity contribution in [2.24, 2.45) is 5.73 Å². The van der Waals surface area contributed by atoms with Gasteiger partial charge >= 0.3 is 0 Å². The first kappa shape index (κ1) is 10.7. The molecule has 2 rings (SSSR count). The van der Waals surface area contributed by atoms with Crippen LogP contribution in [-0.2, 0) is 12.8 Å². The molecule has 1 saturated carbocycles. The van der Waals surface area contributed by atoms with Crippen molar-refractivity contribution in [2.45, 2.75) is 37.7 Å². The molecule has 3 N–H and O–H groups in total. The van der Waals surface area contributed by atoms with Gasteiger partial charge < -0.3 is 10.8 Å². The van der Waals surface area contributed by atoms with E-state index in [1.807, 2.05) is 0 Å². The molecule has 0 amide bonds. The Balaban J connectivity index is 1.86. The topological polar surface area (TPSA) is 46.2 Å². The summed E-state index contributed by atoms with van der Waals surface area (Å²) in [6.45, 7) is 0.707. The van der Waals surface area contributed by atoms with Gasteiger partial charge in [-0.05, 0) is 49.8 Å². The smallest absolute Gasteiger partial charge is 0.0653 e. The van der Waals surface area contributed by atoms with Crippen molar-refractivity contribution in [2.75, 3.05) is 6.54 Å². The minimum Gasteiger partial charge on any atom is -0.390 e. The lowest BCUT2D eigenvalue weighted by Gasteiger charge is -2.07. The first-order chi connectivity index (χ1) is 7.22. The zero-order valence-corrected chi connectivity index (χ0v) is 9.08. The van der Waals surface area contributed by atoms with Crippen molar-refractivity contribution >= 4 is 0 Å². The lowest BCUT2D eigenvalue weighted by molar-refractivity contribution is 0.140. The van der Waals surface area contributed by atoms with Crippen molar-refractivity contribution in [1.82, 2.24) is 0 Å². The van der Waals surface area contributed by atoms with E-state index in [1.165, 1.54) is 11.1 Å². The maximum absolute atomic E-state index is 9.71. The quantitative estimate of drug-likeness (QED) is 0.767. The van der Waals surface area contributed by atoms with E-state index in [1.54, 1.807) is 0 Å². The number of rotatable bonds is 5. The van der Waals surface area contributed by atoms with Crippen LogP contribution in [0.15, 0.2) is 24.3 Å². The van der Waals surface area contributed by atoms with Gasteiger partial charge in [-0.3, -0.25) is 0 Å². The molecule has 15 heavy (non-hydrogen) atoms. The summed E-state index contributed by atoms with van der Waals surface area (Å²) in [5, 5.41) is 9.71. The Morgan fingerprint density at radius 2 is 1.60 bits per heavy atom. The first-order valence-electron chi connectivity index (χ1n) is 5.72. The van der Waals surface area contributed by atoms with Gasteiger partial charge in [-0.1, -0.05) is 24.3 Å². The van der Waals surface area contributed by atoms with Gasteiger partial charge in [-0.15, -0.1) is 0 Å². The van der Waals surface area contributed by atoms with Crippen LogP contribution in [0.5, 0.6) is 0 Å². The molecule has 2 heteroatoms. The Bertz CT molecular complexity index is 314. The fourth-order valence-electron chi connectivity index (χ4n) is 1.81. The number of hydrogen-bond acceptors (Lipinski definition) is 2. The predicted molar refractivity (Wildman–Crippen MR) is 61.7 cm³/mol. The number of hydrogen-bond donors (Lipinski definition) is 2. The molecular formula is C13H19NO. The van der Waals surface area contributed by atoms with E-state index in [0.717, 1.165) is 32.1 Å². The number of benzene rings is 1. The second-order valence-corrected chi connectivity index (χ2v) is 4.58. The molecule has 1 aliphatic rings. The predicted octanol–water partition coefficient (Wildman–Crippen LogP) is 1.65. The highest BCUT2D eigenvalue weighted by atomic mass is 16.3. The lowest BCUT2D eigenvalue weighted by Crippen LogP contribution is -2.07. The summed E-state index contributed by atoms with van der Waals surface area (Å²) in [4.78, 5) is 0. The number of aryl methyl sites for hydroxylation is 1. The van der Waals surface area contributed by atoms with Gasteiger partial charge in [0.25, 0.3) is 0 Å². The molecule has 0 bridgehead atoms. The fourth-order valence-corrected chi connectivity index (χ4v) is 1.81. The third kappa shape index (κ3) is 3.05. The van der Waals surface area contributed by atoms with Gasteiger partial charge in [-0.2, -0.15) is 0 Å². The summed E-state index contributed by atoms with van der Waals surface area (Å²) in [7, 11) is 0. The van der Waals surface area contributed by atoms with Gasteiger partial charge in [0.05, 0.1) is 5.60 Å². The summed E-state index contributed by atoms with van der Waals surface area (Å²) < 4.78 is 0. The maximum atomic E-state index is 9.71. The molecule has 0 heterocycles. The summed E-state index contributed by atoms with van der Waals surface area (Å²) in [6, 6.07) is 8.58.